The Morgan fingerprint density at radius 2 is 1.74 bits per heavy atom. The molecule has 1 N–H and O–H groups in total. The maximum absolute atomic E-state index is 12.6. The highest BCUT2D eigenvalue weighted by atomic mass is 35.5. The molecule has 0 unspecified atom stereocenters. The van der Waals surface area contributed by atoms with Crippen molar-refractivity contribution in [2.24, 2.45) is 0 Å². The van der Waals surface area contributed by atoms with Crippen LogP contribution in [0.25, 0.3) is 6.08 Å². The summed E-state index contributed by atoms with van der Waals surface area (Å²) in [6, 6.07) is 10.4. The molecule has 164 valence electrons. The van der Waals surface area contributed by atoms with Crippen LogP contribution in [0.4, 0.5) is 0 Å². The number of rotatable bonds is 10. The highest BCUT2D eigenvalue weighted by Gasteiger charge is 2.15. The summed E-state index contributed by atoms with van der Waals surface area (Å²) in [5.41, 5.74) is 1.12. The molecule has 0 bridgehead atoms. The van der Waals surface area contributed by atoms with Gasteiger partial charge in [-0.15, -0.1) is 0 Å². The van der Waals surface area contributed by atoms with Gasteiger partial charge in [-0.25, -0.2) is 0 Å². The third-order valence-electron chi connectivity index (χ3n) is 4.26. The lowest BCUT2D eigenvalue weighted by atomic mass is 10.1. The molecule has 0 aromatic heterocycles. The molecule has 31 heavy (non-hydrogen) atoms. The van der Waals surface area contributed by atoms with Crippen LogP contribution >= 0.6 is 11.6 Å². The van der Waals surface area contributed by atoms with E-state index in [1.54, 1.807) is 37.4 Å². The van der Waals surface area contributed by atoms with Gasteiger partial charge in [0.05, 0.1) is 32.5 Å². The van der Waals surface area contributed by atoms with Gasteiger partial charge in [0.2, 0.25) is 0 Å². The molecule has 0 fully saturated rings. The number of carbonyl (C=O) groups is 1. The fraction of sp³-hybridized carbons (Fsp3) is 0.304. The summed E-state index contributed by atoms with van der Waals surface area (Å²) in [5.74, 6) is 1.66. The molecular formula is C23H25ClN2O5. The Bertz CT molecular complexity index is 998. The number of benzene rings is 2. The van der Waals surface area contributed by atoms with Crippen LogP contribution < -0.4 is 24.3 Å². The van der Waals surface area contributed by atoms with Crippen molar-refractivity contribution in [1.82, 2.24) is 5.32 Å². The van der Waals surface area contributed by atoms with Gasteiger partial charge in [-0.2, -0.15) is 5.26 Å². The highest BCUT2D eigenvalue weighted by molar-refractivity contribution is 6.32. The highest BCUT2D eigenvalue weighted by Crippen LogP contribution is 2.34. The van der Waals surface area contributed by atoms with Crippen molar-refractivity contribution in [3.63, 3.8) is 0 Å². The minimum absolute atomic E-state index is 0.0963. The lowest BCUT2D eigenvalue weighted by molar-refractivity contribution is -0.117. The Balaban J connectivity index is 2.24. The number of nitrogens with zero attached hydrogens (tertiary/aromatic N) is 1. The Morgan fingerprint density at radius 3 is 2.32 bits per heavy atom. The number of nitrogens with one attached hydrogen (secondary N) is 1. The first-order valence-corrected chi connectivity index (χ1v) is 10.0. The molecule has 0 atom stereocenters. The van der Waals surface area contributed by atoms with E-state index < -0.39 is 5.91 Å². The topological polar surface area (TPSA) is 89.8 Å². The molecule has 7 nitrogen and oxygen atoms in total. The molecule has 0 aliphatic heterocycles. The molecule has 2 aromatic rings. The second kappa shape index (κ2) is 11.7. The quantitative estimate of drug-likeness (QED) is 0.432. The average molecular weight is 445 g/mol. The van der Waals surface area contributed by atoms with Crippen LogP contribution in [0.2, 0.25) is 5.02 Å². The first kappa shape index (κ1) is 23.9. The van der Waals surface area contributed by atoms with Crippen LogP contribution in [-0.2, 0) is 11.3 Å². The van der Waals surface area contributed by atoms with Crippen molar-refractivity contribution < 1.29 is 23.7 Å². The molecule has 2 rings (SSSR count). The maximum atomic E-state index is 12.6. The molecule has 0 heterocycles. The SMILES string of the molecule is CCOc1cc(Cl)c(/C=C(\C#N)C(=O)NCc2ccc(OC)cc2OC)cc1OCC. The van der Waals surface area contributed by atoms with Crippen LogP contribution in [0.3, 0.4) is 0 Å². The molecule has 0 aliphatic rings. The Labute approximate surface area is 187 Å². The summed E-state index contributed by atoms with van der Waals surface area (Å²) < 4.78 is 21.6. The van der Waals surface area contributed by atoms with Crippen LogP contribution in [-0.4, -0.2) is 33.3 Å². The van der Waals surface area contributed by atoms with E-state index in [0.717, 1.165) is 5.56 Å². The molecule has 8 heteroatoms. The third kappa shape index (κ3) is 6.30. The predicted molar refractivity (Wildman–Crippen MR) is 119 cm³/mol. The number of carbonyl (C=O) groups excluding carboxylic acids is 1. The van der Waals surface area contributed by atoms with Crippen molar-refractivity contribution in [3.05, 3.63) is 52.1 Å². The van der Waals surface area contributed by atoms with Gasteiger partial charge in [-0.1, -0.05) is 11.6 Å². The van der Waals surface area contributed by atoms with Crippen LogP contribution in [0, 0.1) is 11.3 Å². The van der Waals surface area contributed by atoms with E-state index >= 15 is 0 Å². The van der Waals surface area contributed by atoms with E-state index in [1.165, 1.54) is 13.2 Å². The van der Waals surface area contributed by atoms with Crippen molar-refractivity contribution in [1.29, 1.82) is 5.26 Å². The Hall–Kier alpha value is -3.37. The van der Waals surface area contributed by atoms with Gasteiger partial charge in [0.25, 0.3) is 5.91 Å². The van der Waals surface area contributed by atoms with E-state index in [2.05, 4.69) is 5.32 Å². The molecule has 0 saturated carbocycles. The van der Waals surface area contributed by atoms with Gasteiger partial charge in [0.1, 0.15) is 23.1 Å². The summed E-state index contributed by atoms with van der Waals surface area (Å²) >= 11 is 6.33. The van der Waals surface area contributed by atoms with Crippen LogP contribution in [0.1, 0.15) is 25.0 Å². The summed E-state index contributed by atoms with van der Waals surface area (Å²) in [7, 11) is 3.09. The molecule has 1 amide bonds. The first-order chi connectivity index (χ1) is 15.0. The summed E-state index contributed by atoms with van der Waals surface area (Å²) in [6.45, 7) is 4.76. The van der Waals surface area contributed by atoms with Crippen LogP contribution in [0.15, 0.2) is 35.9 Å². The summed E-state index contributed by atoms with van der Waals surface area (Å²) in [6.07, 6.45) is 1.42. The third-order valence-corrected chi connectivity index (χ3v) is 4.59. The van der Waals surface area contributed by atoms with Gasteiger partial charge in [0.15, 0.2) is 11.5 Å². The van der Waals surface area contributed by atoms with E-state index in [0.29, 0.717) is 46.8 Å². The number of ether oxygens (including phenoxy) is 4. The van der Waals surface area contributed by atoms with Gasteiger partial charge >= 0.3 is 0 Å². The zero-order valence-corrected chi connectivity index (χ0v) is 18.7. The fourth-order valence-corrected chi connectivity index (χ4v) is 2.98. The Morgan fingerprint density at radius 1 is 1.06 bits per heavy atom. The standard InChI is InChI=1S/C23H25ClN2O5/c1-5-30-21-10-16(19(24)12-22(21)31-6-2)9-17(13-25)23(27)26-14-15-7-8-18(28-3)11-20(15)29-4/h7-12H,5-6,14H2,1-4H3,(H,26,27)/b17-9+. The van der Waals surface area contributed by atoms with Gasteiger partial charge in [-0.3, -0.25) is 4.79 Å². The first-order valence-electron chi connectivity index (χ1n) is 9.67. The smallest absolute Gasteiger partial charge is 0.262 e. The van der Waals surface area contributed by atoms with E-state index in [9.17, 15) is 10.1 Å². The van der Waals surface area contributed by atoms with E-state index in [1.807, 2.05) is 19.9 Å². The van der Waals surface area contributed by atoms with Crippen molar-refractivity contribution in [2.45, 2.75) is 20.4 Å². The minimum atomic E-state index is -0.539. The number of hydrogen-bond donors (Lipinski definition) is 1. The molecule has 0 aliphatic carbocycles. The number of halogens is 1. The van der Waals surface area contributed by atoms with Gasteiger partial charge < -0.3 is 24.3 Å². The molecule has 0 saturated heterocycles. The molecule has 0 radical (unpaired) electrons. The summed E-state index contributed by atoms with van der Waals surface area (Å²) in [4.78, 5) is 12.6. The van der Waals surface area contributed by atoms with E-state index in [4.69, 9.17) is 30.5 Å². The van der Waals surface area contributed by atoms with Gasteiger partial charge in [-0.05, 0) is 43.7 Å². The number of hydrogen-bond acceptors (Lipinski definition) is 6. The lowest BCUT2D eigenvalue weighted by Crippen LogP contribution is -2.24. The second-order valence-corrected chi connectivity index (χ2v) is 6.62. The number of nitriles is 1. The zero-order chi connectivity index (χ0) is 22.8. The second-order valence-electron chi connectivity index (χ2n) is 6.22. The minimum Gasteiger partial charge on any atom is -0.497 e. The summed E-state index contributed by atoms with van der Waals surface area (Å²) in [5, 5.41) is 12.6. The van der Waals surface area contributed by atoms with Crippen molar-refractivity contribution in [2.75, 3.05) is 27.4 Å². The van der Waals surface area contributed by atoms with Gasteiger partial charge in [0, 0.05) is 24.2 Å². The normalized spacial score (nSPS) is 10.8. The number of methoxy groups -OCH3 is 2. The predicted octanol–water partition coefficient (Wildman–Crippen LogP) is 4.38. The fourth-order valence-electron chi connectivity index (χ4n) is 2.77. The largest absolute Gasteiger partial charge is 0.497 e. The average Bonchev–Trinajstić information content (AvgIpc) is 2.78. The van der Waals surface area contributed by atoms with E-state index in [-0.39, 0.29) is 12.1 Å². The van der Waals surface area contributed by atoms with Crippen molar-refractivity contribution >= 4 is 23.6 Å². The van der Waals surface area contributed by atoms with Crippen molar-refractivity contribution in [3.8, 4) is 29.1 Å². The zero-order valence-electron chi connectivity index (χ0n) is 18.0. The monoisotopic (exact) mass is 444 g/mol. The number of amides is 1. The Kier molecular flexibility index (Phi) is 9.04. The molecule has 0 spiro atoms. The maximum Gasteiger partial charge on any atom is 0.262 e. The molecule has 2 aromatic carbocycles. The van der Waals surface area contributed by atoms with Crippen LogP contribution in [0.5, 0.6) is 23.0 Å². The lowest BCUT2D eigenvalue weighted by Gasteiger charge is -2.13. The molecular weight excluding hydrogens is 420 g/mol.